The van der Waals surface area contributed by atoms with Crippen LogP contribution in [0, 0.1) is 5.92 Å². The van der Waals surface area contributed by atoms with Crippen LogP contribution in [0.25, 0.3) is 0 Å². The van der Waals surface area contributed by atoms with E-state index >= 15 is 0 Å². The predicted octanol–water partition coefficient (Wildman–Crippen LogP) is 2.89. The number of hydrogen-bond donors (Lipinski definition) is 1. The van der Waals surface area contributed by atoms with E-state index < -0.39 is 0 Å². The molecule has 2 nitrogen and oxygen atoms in total. The molecular weight excluding hydrogens is 196 g/mol. The van der Waals surface area contributed by atoms with Crippen molar-refractivity contribution in [2.75, 3.05) is 33.2 Å². The van der Waals surface area contributed by atoms with Crippen molar-refractivity contribution in [3.8, 4) is 0 Å². The third-order valence-electron chi connectivity index (χ3n) is 3.78. The van der Waals surface area contributed by atoms with E-state index in [9.17, 15) is 0 Å². The van der Waals surface area contributed by atoms with E-state index in [2.05, 4.69) is 24.2 Å². The van der Waals surface area contributed by atoms with Gasteiger partial charge in [0.25, 0.3) is 0 Å². The highest BCUT2D eigenvalue weighted by molar-refractivity contribution is 4.73. The molecule has 1 rings (SSSR count). The number of rotatable bonds is 8. The number of unbranched alkanes of at least 4 members (excludes halogenated alkanes) is 4. The number of likely N-dealkylation sites (tertiary alicyclic amines) is 1. The molecule has 1 N–H and O–H groups in total. The Morgan fingerprint density at radius 2 is 1.75 bits per heavy atom. The van der Waals surface area contributed by atoms with E-state index in [1.807, 2.05) is 0 Å². The smallest absolute Gasteiger partial charge is 0.00156 e. The Labute approximate surface area is 102 Å². The summed E-state index contributed by atoms with van der Waals surface area (Å²) in [6.45, 7) is 7.51. The van der Waals surface area contributed by atoms with E-state index in [1.54, 1.807) is 0 Å². The molecule has 0 radical (unpaired) electrons. The lowest BCUT2D eigenvalue weighted by Crippen LogP contribution is -2.37. The van der Waals surface area contributed by atoms with E-state index in [-0.39, 0.29) is 0 Å². The highest BCUT2D eigenvalue weighted by atomic mass is 15.1. The van der Waals surface area contributed by atoms with Crippen molar-refractivity contribution in [1.29, 1.82) is 0 Å². The lowest BCUT2D eigenvalue weighted by Gasteiger charge is -2.31. The van der Waals surface area contributed by atoms with Crippen LogP contribution < -0.4 is 5.32 Å². The molecule has 96 valence electrons. The zero-order chi connectivity index (χ0) is 11.6. The SMILES string of the molecule is CCCCCCCN1CCC(CNC)CC1. The summed E-state index contributed by atoms with van der Waals surface area (Å²) in [6, 6.07) is 0. The minimum absolute atomic E-state index is 0.932. The zero-order valence-corrected chi connectivity index (χ0v) is 11.3. The quantitative estimate of drug-likeness (QED) is 0.640. The topological polar surface area (TPSA) is 15.3 Å². The van der Waals surface area contributed by atoms with E-state index in [4.69, 9.17) is 0 Å². The first-order valence-corrected chi connectivity index (χ1v) is 7.23. The molecule has 16 heavy (non-hydrogen) atoms. The lowest BCUT2D eigenvalue weighted by atomic mass is 9.96. The zero-order valence-electron chi connectivity index (χ0n) is 11.3. The Kier molecular flexibility index (Phi) is 7.87. The van der Waals surface area contributed by atoms with Crippen LogP contribution in [0.5, 0.6) is 0 Å². The monoisotopic (exact) mass is 226 g/mol. The van der Waals surface area contributed by atoms with Gasteiger partial charge >= 0.3 is 0 Å². The fraction of sp³-hybridized carbons (Fsp3) is 1.00. The van der Waals surface area contributed by atoms with Gasteiger partial charge in [-0.15, -0.1) is 0 Å². The summed E-state index contributed by atoms with van der Waals surface area (Å²) in [5, 5.41) is 3.30. The molecule has 0 unspecified atom stereocenters. The molecule has 0 atom stereocenters. The summed E-state index contributed by atoms with van der Waals surface area (Å²) in [4.78, 5) is 2.66. The summed E-state index contributed by atoms with van der Waals surface area (Å²) in [7, 11) is 2.07. The van der Waals surface area contributed by atoms with E-state index in [0.29, 0.717) is 0 Å². The van der Waals surface area contributed by atoms with Crippen LogP contribution in [0.15, 0.2) is 0 Å². The first kappa shape index (κ1) is 14.0. The summed E-state index contributed by atoms with van der Waals surface area (Å²) in [5.41, 5.74) is 0. The summed E-state index contributed by atoms with van der Waals surface area (Å²) in [6.07, 6.45) is 9.86. The molecule has 1 heterocycles. The lowest BCUT2D eigenvalue weighted by molar-refractivity contribution is 0.180. The van der Waals surface area contributed by atoms with Crippen LogP contribution >= 0.6 is 0 Å². The average Bonchev–Trinajstić information content (AvgIpc) is 2.31. The molecule has 1 aliphatic rings. The normalized spacial score (nSPS) is 19.1. The van der Waals surface area contributed by atoms with Gasteiger partial charge in [0.05, 0.1) is 0 Å². The first-order chi connectivity index (χ1) is 7.86. The van der Waals surface area contributed by atoms with Crippen LogP contribution in [0.4, 0.5) is 0 Å². The molecule has 1 fully saturated rings. The highest BCUT2D eigenvalue weighted by Crippen LogP contribution is 2.16. The number of nitrogens with one attached hydrogen (secondary N) is 1. The molecule has 0 amide bonds. The molecule has 0 bridgehead atoms. The molecule has 0 aromatic carbocycles. The van der Waals surface area contributed by atoms with E-state index in [1.165, 1.54) is 71.1 Å². The Morgan fingerprint density at radius 1 is 1.06 bits per heavy atom. The molecule has 1 saturated heterocycles. The average molecular weight is 226 g/mol. The van der Waals surface area contributed by atoms with Crippen LogP contribution in [0.1, 0.15) is 51.9 Å². The minimum atomic E-state index is 0.932. The van der Waals surface area contributed by atoms with Crippen molar-refractivity contribution in [2.45, 2.75) is 51.9 Å². The van der Waals surface area contributed by atoms with Crippen molar-refractivity contribution in [2.24, 2.45) is 5.92 Å². The maximum absolute atomic E-state index is 3.30. The molecule has 0 aromatic rings. The summed E-state index contributed by atoms with van der Waals surface area (Å²) >= 11 is 0. The van der Waals surface area contributed by atoms with Gasteiger partial charge in [0.2, 0.25) is 0 Å². The van der Waals surface area contributed by atoms with Gasteiger partial charge in [0, 0.05) is 0 Å². The standard InChI is InChI=1S/C14H30N2/c1-3-4-5-6-7-10-16-11-8-14(9-12-16)13-15-2/h14-15H,3-13H2,1-2H3. The second-order valence-electron chi connectivity index (χ2n) is 5.26. The number of nitrogens with zero attached hydrogens (tertiary/aromatic N) is 1. The fourth-order valence-corrected chi connectivity index (χ4v) is 2.64. The van der Waals surface area contributed by atoms with Crippen molar-refractivity contribution in [1.82, 2.24) is 10.2 Å². The molecule has 0 spiro atoms. The fourth-order valence-electron chi connectivity index (χ4n) is 2.64. The van der Waals surface area contributed by atoms with Gasteiger partial charge in [-0.05, 0) is 58.4 Å². The van der Waals surface area contributed by atoms with Crippen molar-refractivity contribution in [3.05, 3.63) is 0 Å². The second kappa shape index (κ2) is 9.00. The van der Waals surface area contributed by atoms with Crippen LogP contribution in [-0.4, -0.2) is 38.1 Å². The molecule has 0 aliphatic carbocycles. The Morgan fingerprint density at radius 3 is 2.38 bits per heavy atom. The van der Waals surface area contributed by atoms with Crippen LogP contribution in [0.3, 0.4) is 0 Å². The second-order valence-corrected chi connectivity index (χ2v) is 5.26. The molecule has 1 aliphatic heterocycles. The maximum Gasteiger partial charge on any atom is -0.00156 e. The molecule has 2 heteroatoms. The van der Waals surface area contributed by atoms with Gasteiger partial charge in [-0.25, -0.2) is 0 Å². The van der Waals surface area contributed by atoms with Crippen LogP contribution in [0.2, 0.25) is 0 Å². The van der Waals surface area contributed by atoms with Gasteiger partial charge in [-0.1, -0.05) is 32.6 Å². The number of piperidine rings is 1. The van der Waals surface area contributed by atoms with Crippen LogP contribution in [-0.2, 0) is 0 Å². The molecule has 0 saturated carbocycles. The third-order valence-corrected chi connectivity index (χ3v) is 3.78. The summed E-state index contributed by atoms with van der Waals surface area (Å²) < 4.78 is 0. The Balaban J connectivity index is 1.95. The van der Waals surface area contributed by atoms with Gasteiger partial charge < -0.3 is 10.2 Å². The van der Waals surface area contributed by atoms with Gasteiger partial charge in [0.1, 0.15) is 0 Å². The molecule has 0 aromatic heterocycles. The van der Waals surface area contributed by atoms with E-state index in [0.717, 1.165) is 5.92 Å². The number of hydrogen-bond acceptors (Lipinski definition) is 2. The highest BCUT2D eigenvalue weighted by Gasteiger charge is 2.17. The minimum Gasteiger partial charge on any atom is -0.319 e. The summed E-state index contributed by atoms with van der Waals surface area (Å²) in [5.74, 6) is 0.932. The largest absolute Gasteiger partial charge is 0.319 e. The van der Waals surface area contributed by atoms with Gasteiger partial charge in [0.15, 0.2) is 0 Å². The van der Waals surface area contributed by atoms with Crippen molar-refractivity contribution in [3.63, 3.8) is 0 Å². The predicted molar refractivity (Wildman–Crippen MR) is 71.8 cm³/mol. The van der Waals surface area contributed by atoms with Crippen molar-refractivity contribution >= 4 is 0 Å². The maximum atomic E-state index is 3.30. The Bertz CT molecular complexity index is 151. The van der Waals surface area contributed by atoms with Crippen molar-refractivity contribution < 1.29 is 0 Å². The Hall–Kier alpha value is -0.0800. The third kappa shape index (κ3) is 5.86. The van der Waals surface area contributed by atoms with Gasteiger partial charge in [-0.3, -0.25) is 0 Å². The molecular formula is C14H30N2. The van der Waals surface area contributed by atoms with Gasteiger partial charge in [-0.2, -0.15) is 0 Å². The first-order valence-electron chi connectivity index (χ1n) is 7.23.